The van der Waals surface area contributed by atoms with Crippen molar-refractivity contribution < 1.29 is 0 Å². The quantitative estimate of drug-likeness (QED) is 0.855. The Bertz CT molecular complexity index is 678. The van der Waals surface area contributed by atoms with Crippen LogP contribution in [0.1, 0.15) is 53.4 Å². The van der Waals surface area contributed by atoms with E-state index in [1.54, 1.807) is 0 Å². The number of hydrogen-bond donors (Lipinski definition) is 1. The zero-order chi connectivity index (χ0) is 14.2. The van der Waals surface area contributed by atoms with Gasteiger partial charge in [-0.25, -0.2) is 9.97 Å². The van der Waals surface area contributed by atoms with Crippen LogP contribution >= 0.6 is 0 Å². The summed E-state index contributed by atoms with van der Waals surface area (Å²) in [6, 6.07) is 8.67. The lowest BCUT2D eigenvalue weighted by Gasteiger charge is -2.29. The van der Waals surface area contributed by atoms with Crippen molar-refractivity contribution in [2.75, 3.05) is 12.4 Å². The molecule has 21 heavy (non-hydrogen) atoms. The third-order valence-electron chi connectivity index (χ3n) is 4.85. The second kappa shape index (κ2) is 5.14. The van der Waals surface area contributed by atoms with Crippen LogP contribution in [0.5, 0.6) is 0 Å². The number of benzene rings is 1. The zero-order valence-electron chi connectivity index (χ0n) is 12.5. The van der Waals surface area contributed by atoms with Crippen molar-refractivity contribution in [3.8, 4) is 0 Å². The Hall–Kier alpha value is -1.90. The minimum atomic E-state index is 0.391. The molecule has 1 aromatic carbocycles. The molecule has 0 aliphatic heterocycles. The maximum atomic E-state index is 4.95. The predicted octanol–water partition coefficient (Wildman–Crippen LogP) is 3.48. The van der Waals surface area contributed by atoms with Gasteiger partial charge in [0, 0.05) is 24.2 Å². The summed E-state index contributed by atoms with van der Waals surface area (Å²) < 4.78 is 0. The molecule has 0 radical (unpaired) electrons. The average Bonchev–Trinajstić information content (AvgIpc) is 2.73. The van der Waals surface area contributed by atoms with Crippen molar-refractivity contribution in [1.82, 2.24) is 9.97 Å². The van der Waals surface area contributed by atoms with E-state index in [9.17, 15) is 0 Å². The Labute approximate surface area is 125 Å². The lowest BCUT2D eigenvalue weighted by atomic mass is 9.77. The lowest BCUT2D eigenvalue weighted by Crippen LogP contribution is -2.22. The first-order chi connectivity index (χ1) is 10.4. The fourth-order valence-electron chi connectivity index (χ4n) is 3.64. The number of fused-ring (bicyclic) bond motifs is 2. The lowest BCUT2D eigenvalue weighted by molar-refractivity contribution is 0.650. The van der Waals surface area contributed by atoms with E-state index in [1.807, 2.05) is 7.05 Å². The van der Waals surface area contributed by atoms with Crippen LogP contribution in [0.2, 0.25) is 0 Å². The third kappa shape index (κ3) is 2.11. The molecule has 108 valence electrons. The minimum absolute atomic E-state index is 0.391. The van der Waals surface area contributed by atoms with Crippen LogP contribution in [-0.2, 0) is 19.3 Å². The van der Waals surface area contributed by atoms with Gasteiger partial charge in [0.25, 0.3) is 0 Å². The molecule has 3 nitrogen and oxygen atoms in total. The van der Waals surface area contributed by atoms with Gasteiger partial charge in [-0.15, -0.1) is 0 Å². The Kier molecular flexibility index (Phi) is 3.13. The van der Waals surface area contributed by atoms with E-state index in [1.165, 1.54) is 41.6 Å². The Morgan fingerprint density at radius 2 is 1.90 bits per heavy atom. The molecule has 4 rings (SSSR count). The zero-order valence-corrected chi connectivity index (χ0v) is 12.5. The molecule has 2 aliphatic rings. The summed E-state index contributed by atoms with van der Waals surface area (Å²) in [5.41, 5.74) is 5.50. The number of aryl methyl sites for hydroxylation is 1. The smallest absolute Gasteiger partial charge is 0.138 e. The number of nitrogens with zero attached hydrogens (tertiary/aromatic N) is 2. The van der Waals surface area contributed by atoms with Gasteiger partial charge >= 0.3 is 0 Å². The molecule has 2 aliphatic carbocycles. The summed E-state index contributed by atoms with van der Waals surface area (Å²) in [6.07, 6.45) is 7.13. The van der Waals surface area contributed by atoms with E-state index < -0.39 is 0 Å². The first-order valence-electron chi connectivity index (χ1n) is 8.02. The van der Waals surface area contributed by atoms with Crippen molar-refractivity contribution in [3.05, 3.63) is 52.5 Å². The highest BCUT2D eigenvalue weighted by Gasteiger charge is 2.30. The molecule has 1 aromatic heterocycles. The van der Waals surface area contributed by atoms with Gasteiger partial charge in [-0.2, -0.15) is 0 Å². The second-order valence-electron chi connectivity index (χ2n) is 6.12. The number of hydrogen-bond acceptors (Lipinski definition) is 3. The van der Waals surface area contributed by atoms with Crippen molar-refractivity contribution in [3.63, 3.8) is 0 Å². The number of nitrogens with one attached hydrogen (secondary N) is 1. The topological polar surface area (TPSA) is 37.8 Å². The molecule has 2 aromatic rings. The van der Waals surface area contributed by atoms with Gasteiger partial charge in [-0.1, -0.05) is 30.7 Å². The van der Waals surface area contributed by atoms with E-state index in [0.717, 1.165) is 30.9 Å². The highest BCUT2D eigenvalue weighted by Crippen LogP contribution is 2.39. The van der Waals surface area contributed by atoms with E-state index in [-0.39, 0.29) is 0 Å². The number of rotatable bonds is 2. The molecule has 0 amide bonds. The van der Waals surface area contributed by atoms with E-state index in [2.05, 4.69) is 29.6 Å². The number of aromatic nitrogens is 2. The molecule has 0 saturated heterocycles. The summed E-state index contributed by atoms with van der Waals surface area (Å²) in [7, 11) is 1.98. The molecule has 0 fully saturated rings. The average molecular weight is 279 g/mol. The first-order valence-corrected chi connectivity index (χ1v) is 8.02. The maximum absolute atomic E-state index is 4.95. The van der Waals surface area contributed by atoms with Crippen LogP contribution in [-0.4, -0.2) is 17.0 Å². The van der Waals surface area contributed by atoms with Gasteiger partial charge in [0.1, 0.15) is 11.6 Å². The monoisotopic (exact) mass is 279 g/mol. The minimum Gasteiger partial charge on any atom is -0.373 e. The van der Waals surface area contributed by atoms with E-state index >= 15 is 0 Å². The Balaban J connectivity index is 1.76. The third-order valence-corrected chi connectivity index (χ3v) is 4.85. The normalized spacial score (nSPS) is 20.0. The van der Waals surface area contributed by atoms with Crippen LogP contribution in [0.3, 0.4) is 0 Å². The van der Waals surface area contributed by atoms with Crippen LogP contribution < -0.4 is 5.32 Å². The second-order valence-corrected chi connectivity index (χ2v) is 6.12. The molecule has 0 bridgehead atoms. The Morgan fingerprint density at radius 3 is 2.76 bits per heavy atom. The van der Waals surface area contributed by atoms with Gasteiger partial charge in [-0.05, 0) is 43.2 Å². The molecule has 1 N–H and O–H groups in total. The molecule has 0 spiro atoms. The van der Waals surface area contributed by atoms with Gasteiger partial charge in [0.2, 0.25) is 0 Å². The van der Waals surface area contributed by atoms with Crippen LogP contribution in [0.4, 0.5) is 5.82 Å². The fraction of sp³-hybridized carbons (Fsp3) is 0.444. The molecular formula is C18H21N3. The summed E-state index contributed by atoms with van der Waals surface area (Å²) >= 11 is 0. The summed E-state index contributed by atoms with van der Waals surface area (Å²) in [4.78, 5) is 9.80. The van der Waals surface area contributed by atoms with Gasteiger partial charge < -0.3 is 5.32 Å². The van der Waals surface area contributed by atoms with Crippen LogP contribution in [0.25, 0.3) is 0 Å². The standard InChI is InChI=1S/C18H21N3/c1-19-17-14-9-3-2-4-10-16(14)20-18(21-17)15-11-12-7-5-6-8-13(12)15/h5-8,15H,2-4,9-11H2,1H3,(H,19,20,21). The fourth-order valence-corrected chi connectivity index (χ4v) is 3.64. The van der Waals surface area contributed by atoms with E-state index in [4.69, 9.17) is 9.97 Å². The van der Waals surface area contributed by atoms with E-state index in [0.29, 0.717) is 5.92 Å². The summed E-state index contributed by atoms with van der Waals surface area (Å²) in [5, 5.41) is 3.30. The van der Waals surface area contributed by atoms with Crippen LogP contribution in [0, 0.1) is 0 Å². The van der Waals surface area contributed by atoms with Gasteiger partial charge in [0.05, 0.1) is 0 Å². The van der Waals surface area contributed by atoms with Gasteiger partial charge in [-0.3, -0.25) is 0 Å². The molecule has 1 atom stereocenters. The first kappa shape index (κ1) is 12.8. The summed E-state index contributed by atoms with van der Waals surface area (Å²) in [6.45, 7) is 0. The van der Waals surface area contributed by atoms with Crippen molar-refractivity contribution in [2.24, 2.45) is 0 Å². The maximum Gasteiger partial charge on any atom is 0.138 e. The van der Waals surface area contributed by atoms with Crippen molar-refractivity contribution in [1.29, 1.82) is 0 Å². The molecule has 1 heterocycles. The van der Waals surface area contributed by atoms with Crippen molar-refractivity contribution >= 4 is 5.82 Å². The molecule has 0 saturated carbocycles. The molecule has 1 unspecified atom stereocenters. The SMILES string of the molecule is CNc1nc(C2Cc3ccccc32)nc2c1CCCCC2. The van der Waals surface area contributed by atoms with Gasteiger partial charge in [0.15, 0.2) is 0 Å². The van der Waals surface area contributed by atoms with Crippen LogP contribution in [0.15, 0.2) is 24.3 Å². The highest BCUT2D eigenvalue weighted by molar-refractivity contribution is 5.50. The largest absolute Gasteiger partial charge is 0.373 e. The predicted molar refractivity (Wildman–Crippen MR) is 84.8 cm³/mol. The Morgan fingerprint density at radius 1 is 1.05 bits per heavy atom. The van der Waals surface area contributed by atoms with Crippen molar-refractivity contribution in [2.45, 2.75) is 44.4 Å². The molecular weight excluding hydrogens is 258 g/mol. The summed E-state index contributed by atoms with van der Waals surface area (Å²) in [5.74, 6) is 2.46. The number of anilines is 1. The molecule has 3 heteroatoms. The highest BCUT2D eigenvalue weighted by atomic mass is 15.0.